The van der Waals surface area contributed by atoms with Gasteiger partial charge in [0.15, 0.2) is 0 Å². The van der Waals surface area contributed by atoms with Gasteiger partial charge in [0.05, 0.1) is 0 Å². The molecule has 0 aliphatic heterocycles. The van der Waals surface area contributed by atoms with Crippen molar-refractivity contribution in [1.82, 2.24) is 0 Å². The van der Waals surface area contributed by atoms with Crippen molar-refractivity contribution in [2.75, 3.05) is 7.05 Å². The molecule has 1 unspecified atom stereocenters. The molecule has 25 heavy (non-hydrogen) atoms. The SMILES string of the molecule is C[N-]Cc1ccccc1Pc1cccc(-c2ccccc2)c1O.[Cl][Ti+]. The van der Waals surface area contributed by atoms with Gasteiger partial charge in [0.2, 0.25) is 0 Å². The zero-order valence-corrected chi connectivity index (χ0v) is 17.2. The van der Waals surface area contributed by atoms with Gasteiger partial charge in [-0.05, 0) is 10.9 Å². The van der Waals surface area contributed by atoms with Gasteiger partial charge in [-0.3, -0.25) is 0 Å². The second-order valence-corrected chi connectivity index (χ2v) is 6.65. The van der Waals surface area contributed by atoms with Crippen molar-refractivity contribution in [3.05, 3.63) is 83.7 Å². The molecule has 1 atom stereocenters. The summed E-state index contributed by atoms with van der Waals surface area (Å²) in [5.74, 6) is 0.375. The van der Waals surface area contributed by atoms with E-state index in [2.05, 4.69) is 26.8 Å². The molecule has 2 nitrogen and oxygen atoms in total. The van der Waals surface area contributed by atoms with E-state index >= 15 is 0 Å². The summed E-state index contributed by atoms with van der Waals surface area (Å²) in [5.41, 5.74) is 3.14. The second-order valence-electron chi connectivity index (χ2n) is 5.32. The Kier molecular flexibility index (Phi) is 8.68. The first-order valence-electron chi connectivity index (χ1n) is 7.76. The van der Waals surface area contributed by atoms with Crippen molar-refractivity contribution in [2.24, 2.45) is 0 Å². The molecule has 0 amide bonds. The molecule has 1 N–H and O–H groups in total. The minimum atomic E-state index is 0.375. The standard InChI is InChI=1S/C20H19NOP.ClH.Ti/c1-21-14-16-10-5-6-12-18(16)23-19-13-7-11-17(20(19)22)15-8-3-2-4-9-15;;/h2-13,22-23H,14H2,1H3;1H;/q-1;;+2/p-1. The average Bonchev–Trinajstić information content (AvgIpc) is 2.67. The van der Waals surface area contributed by atoms with Gasteiger partial charge in [-0.25, -0.2) is 0 Å². The van der Waals surface area contributed by atoms with Crippen molar-refractivity contribution in [2.45, 2.75) is 6.54 Å². The van der Waals surface area contributed by atoms with Crippen LogP contribution in [0.5, 0.6) is 5.75 Å². The van der Waals surface area contributed by atoms with Gasteiger partial charge in [0, 0.05) is 10.9 Å². The summed E-state index contributed by atoms with van der Waals surface area (Å²) in [6, 6.07) is 24.3. The van der Waals surface area contributed by atoms with E-state index in [-0.39, 0.29) is 0 Å². The Bertz CT molecular complexity index is 799. The molecule has 0 bridgehead atoms. The van der Waals surface area contributed by atoms with Crippen LogP contribution >= 0.6 is 17.9 Å². The second kappa shape index (κ2) is 10.8. The van der Waals surface area contributed by atoms with E-state index in [4.69, 9.17) is 0 Å². The minimum absolute atomic E-state index is 0.375. The third kappa shape index (κ3) is 5.41. The average molecular weight is 404 g/mol. The fourth-order valence-corrected chi connectivity index (χ4v) is 3.82. The number of nitrogens with zero attached hydrogens (tertiary/aromatic N) is 1. The number of para-hydroxylation sites is 1. The van der Waals surface area contributed by atoms with Crippen LogP contribution in [0.15, 0.2) is 72.8 Å². The molecule has 0 aliphatic rings. The number of hydrogen-bond donors (Lipinski definition) is 1. The zero-order chi connectivity index (χ0) is 18.1. The third-order valence-corrected chi connectivity index (χ3v) is 5.17. The number of phenolic OH excluding ortho intramolecular Hbond substituents is 1. The van der Waals surface area contributed by atoms with Crippen LogP contribution in [-0.4, -0.2) is 12.2 Å². The van der Waals surface area contributed by atoms with Crippen molar-refractivity contribution in [3.63, 3.8) is 0 Å². The summed E-state index contributed by atoms with van der Waals surface area (Å²) >= 11 is 1.47. The van der Waals surface area contributed by atoms with Crippen LogP contribution in [0.1, 0.15) is 5.56 Å². The van der Waals surface area contributed by atoms with Crippen LogP contribution in [-0.2, 0) is 25.9 Å². The Morgan fingerprint density at radius 2 is 1.52 bits per heavy atom. The molecule has 0 spiro atoms. The summed E-state index contributed by atoms with van der Waals surface area (Å²) in [6.07, 6.45) is 0. The predicted octanol–water partition coefficient (Wildman–Crippen LogP) is 4.88. The first kappa shape index (κ1) is 20.2. The molecule has 5 heteroatoms. The van der Waals surface area contributed by atoms with Gasteiger partial charge in [0.1, 0.15) is 5.75 Å². The van der Waals surface area contributed by atoms with E-state index in [1.807, 2.05) is 67.7 Å². The van der Waals surface area contributed by atoms with Crippen LogP contribution < -0.4 is 10.6 Å². The van der Waals surface area contributed by atoms with Gasteiger partial charge in [-0.1, -0.05) is 86.9 Å². The van der Waals surface area contributed by atoms with Crippen LogP contribution in [0.4, 0.5) is 0 Å². The predicted molar refractivity (Wildman–Crippen MR) is 106 cm³/mol. The van der Waals surface area contributed by atoms with Crippen molar-refractivity contribution < 1.29 is 24.5 Å². The Hall–Kier alpha value is -1.15. The van der Waals surface area contributed by atoms with Crippen molar-refractivity contribution >= 4 is 28.5 Å². The Morgan fingerprint density at radius 3 is 2.24 bits per heavy atom. The van der Waals surface area contributed by atoms with Crippen molar-refractivity contribution in [3.8, 4) is 16.9 Å². The number of benzene rings is 3. The molecule has 3 aromatic rings. The van der Waals surface area contributed by atoms with Crippen LogP contribution in [0, 0.1) is 0 Å². The van der Waals surface area contributed by atoms with E-state index in [1.165, 1.54) is 30.2 Å². The normalized spacial score (nSPS) is 10.4. The first-order valence-corrected chi connectivity index (χ1v) is 10.9. The number of hydrogen-bond acceptors (Lipinski definition) is 1. The molecule has 3 aromatic carbocycles. The molecule has 0 heterocycles. The summed E-state index contributed by atoms with van der Waals surface area (Å²) in [5, 5.41) is 17.1. The molecule has 0 saturated carbocycles. The Labute approximate surface area is 166 Å². The Balaban J connectivity index is 0.00000109. The molecule has 0 fully saturated rings. The van der Waals surface area contributed by atoms with E-state index in [0.717, 1.165) is 16.4 Å². The summed E-state index contributed by atoms with van der Waals surface area (Å²) in [4.78, 5) is 0. The topological polar surface area (TPSA) is 34.3 Å². The monoisotopic (exact) mass is 403 g/mol. The fraction of sp³-hybridized carbons (Fsp3) is 0.100. The third-order valence-electron chi connectivity index (χ3n) is 3.74. The first-order chi connectivity index (χ1) is 12.3. The molecule has 0 saturated heterocycles. The van der Waals surface area contributed by atoms with E-state index in [1.54, 1.807) is 0 Å². The van der Waals surface area contributed by atoms with Gasteiger partial charge in [-0.2, -0.15) is 7.05 Å². The van der Waals surface area contributed by atoms with Gasteiger partial charge < -0.3 is 10.4 Å². The number of rotatable bonds is 5. The Morgan fingerprint density at radius 1 is 0.880 bits per heavy atom. The summed E-state index contributed by atoms with van der Waals surface area (Å²) in [7, 11) is 6.88. The molecular formula is C20H19ClNOPTi. The van der Waals surface area contributed by atoms with E-state index in [9.17, 15) is 5.11 Å². The van der Waals surface area contributed by atoms with Gasteiger partial charge >= 0.3 is 28.7 Å². The molecule has 0 aromatic heterocycles. The van der Waals surface area contributed by atoms with Gasteiger partial charge in [0.25, 0.3) is 0 Å². The summed E-state index contributed by atoms with van der Waals surface area (Å²) < 4.78 is 0. The maximum absolute atomic E-state index is 10.7. The summed E-state index contributed by atoms with van der Waals surface area (Å²) in [6.45, 7) is 0.711. The zero-order valence-electron chi connectivity index (χ0n) is 13.9. The van der Waals surface area contributed by atoms with Gasteiger partial charge in [-0.15, -0.1) is 6.54 Å². The molecule has 0 aliphatic carbocycles. The van der Waals surface area contributed by atoms with E-state index < -0.39 is 0 Å². The number of aromatic hydroxyl groups is 1. The van der Waals surface area contributed by atoms with Crippen LogP contribution in [0.2, 0.25) is 0 Å². The molecular weight excluding hydrogens is 385 g/mol. The maximum atomic E-state index is 10.7. The number of phenols is 1. The quantitative estimate of drug-likeness (QED) is 0.478. The molecule has 126 valence electrons. The molecule has 0 radical (unpaired) electrons. The fourth-order valence-electron chi connectivity index (χ4n) is 2.59. The van der Waals surface area contributed by atoms with Crippen LogP contribution in [0.25, 0.3) is 16.4 Å². The number of halogens is 1. The molecule has 3 rings (SSSR count). The van der Waals surface area contributed by atoms with Crippen LogP contribution in [0.3, 0.4) is 0 Å². The van der Waals surface area contributed by atoms with Crippen molar-refractivity contribution in [1.29, 1.82) is 0 Å². The van der Waals surface area contributed by atoms with E-state index in [0.29, 0.717) is 20.9 Å².